The molecular weight excluding hydrogens is 424 g/mol. The summed E-state index contributed by atoms with van der Waals surface area (Å²) in [6.45, 7) is 9.64. The molecule has 0 bridgehead atoms. The molecule has 1 aromatic heterocycles. The lowest BCUT2D eigenvalue weighted by molar-refractivity contribution is -0.0755. The van der Waals surface area contributed by atoms with Crippen LogP contribution >= 0.6 is 0 Å². The van der Waals surface area contributed by atoms with Crippen molar-refractivity contribution in [2.75, 3.05) is 20.8 Å². The van der Waals surface area contributed by atoms with E-state index in [0.717, 1.165) is 34.6 Å². The Hall–Kier alpha value is -3.20. The molecule has 1 saturated carbocycles. The van der Waals surface area contributed by atoms with Gasteiger partial charge < -0.3 is 9.57 Å². The fraction of sp³-hybridized carbons (Fsp3) is 0.500. The minimum absolute atomic E-state index is 0.156. The van der Waals surface area contributed by atoms with Gasteiger partial charge in [0.2, 0.25) is 0 Å². The van der Waals surface area contributed by atoms with Crippen molar-refractivity contribution in [2.24, 2.45) is 5.16 Å². The first-order chi connectivity index (χ1) is 15.5. The Balaban J connectivity index is 2.01. The first-order valence-electron chi connectivity index (χ1n) is 11.0. The van der Waals surface area contributed by atoms with Crippen LogP contribution in [0.2, 0.25) is 0 Å². The van der Waals surface area contributed by atoms with Crippen LogP contribution in [-0.2, 0) is 14.4 Å². The van der Waals surface area contributed by atoms with E-state index in [0.29, 0.717) is 34.7 Å². The number of rotatable bonds is 4. The Morgan fingerprint density at radius 3 is 2.48 bits per heavy atom. The maximum atomic E-state index is 13.3. The number of fused-ring (bicyclic) bond motifs is 1. The van der Waals surface area contributed by atoms with E-state index in [1.165, 1.54) is 11.7 Å². The molecule has 2 aromatic rings. The number of benzene rings is 1. The van der Waals surface area contributed by atoms with Crippen LogP contribution in [0, 0.1) is 0 Å². The van der Waals surface area contributed by atoms with Crippen molar-refractivity contribution in [3.63, 3.8) is 0 Å². The molecule has 4 rings (SSSR count). The van der Waals surface area contributed by atoms with E-state index in [1.807, 2.05) is 40.7 Å². The van der Waals surface area contributed by atoms with Gasteiger partial charge in [0, 0.05) is 18.5 Å². The molecule has 9 heteroatoms. The monoisotopic (exact) mass is 454 g/mol. The van der Waals surface area contributed by atoms with Crippen LogP contribution in [0.15, 0.2) is 22.9 Å². The highest BCUT2D eigenvalue weighted by Crippen LogP contribution is 2.42. The Bertz CT molecular complexity index is 1200. The van der Waals surface area contributed by atoms with Gasteiger partial charge in [-0.2, -0.15) is 0 Å². The number of carbonyl (C=O) groups excluding carboxylic acids is 2. The topological polar surface area (TPSA) is 95.2 Å². The third-order valence-corrected chi connectivity index (χ3v) is 5.65. The van der Waals surface area contributed by atoms with E-state index in [2.05, 4.69) is 5.16 Å². The number of aromatic nitrogens is 2. The van der Waals surface area contributed by atoms with Crippen molar-refractivity contribution < 1.29 is 24.0 Å². The molecule has 1 fully saturated rings. The fourth-order valence-corrected chi connectivity index (χ4v) is 3.98. The SMILES string of the molecule is CON(C)C(=O)c1cc(C2=C(C)CON=C2C)cc2c1nc(C1CC1)n2C(=O)OC(C)(C)C. The zero-order valence-electron chi connectivity index (χ0n) is 20.2. The van der Waals surface area contributed by atoms with Crippen molar-refractivity contribution in [3.8, 4) is 0 Å². The van der Waals surface area contributed by atoms with Gasteiger partial charge in [0.05, 0.1) is 23.9 Å². The number of hydrogen-bond acceptors (Lipinski definition) is 7. The number of nitrogens with zero attached hydrogens (tertiary/aromatic N) is 4. The van der Waals surface area contributed by atoms with Gasteiger partial charge >= 0.3 is 6.09 Å². The lowest BCUT2D eigenvalue weighted by Gasteiger charge is -2.21. The van der Waals surface area contributed by atoms with Crippen LogP contribution in [0.5, 0.6) is 0 Å². The lowest BCUT2D eigenvalue weighted by atomic mass is 9.94. The summed E-state index contributed by atoms with van der Waals surface area (Å²) >= 11 is 0. The van der Waals surface area contributed by atoms with Crippen molar-refractivity contribution in [1.29, 1.82) is 0 Å². The van der Waals surface area contributed by atoms with Crippen molar-refractivity contribution in [3.05, 3.63) is 34.7 Å². The van der Waals surface area contributed by atoms with E-state index in [1.54, 1.807) is 13.1 Å². The highest BCUT2D eigenvalue weighted by molar-refractivity contribution is 6.24. The van der Waals surface area contributed by atoms with Crippen LogP contribution in [0.25, 0.3) is 16.6 Å². The maximum Gasteiger partial charge on any atom is 0.420 e. The lowest BCUT2D eigenvalue weighted by Crippen LogP contribution is -2.28. The van der Waals surface area contributed by atoms with E-state index in [-0.39, 0.29) is 11.8 Å². The Morgan fingerprint density at radius 2 is 1.91 bits per heavy atom. The Labute approximate surface area is 192 Å². The molecule has 0 spiro atoms. The average molecular weight is 455 g/mol. The normalized spacial score (nSPS) is 16.5. The van der Waals surface area contributed by atoms with Crippen LogP contribution < -0.4 is 0 Å². The maximum absolute atomic E-state index is 13.3. The summed E-state index contributed by atoms with van der Waals surface area (Å²) in [5.41, 5.74) is 3.94. The van der Waals surface area contributed by atoms with Gasteiger partial charge in [0.15, 0.2) is 0 Å². The van der Waals surface area contributed by atoms with Gasteiger partial charge in [-0.1, -0.05) is 5.16 Å². The molecule has 1 amide bonds. The Morgan fingerprint density at radius 1 is 1.21 bits per heavy atom. The minimum atomic E-state index is -0.676. The third kappa shape index (κ3) is 4.37. The van der Waals surface area contributed by atoms with Crippen molar-refractivity contribution >= 4 is 34.3 Å². The zero-order valence-corrected chi connectivity index (χ0v) is 20.2. The summed E-state index contributed by atoms with van der Waals surface area (Å²) in [5.74, 6) is 0.415. The van der Waals surface area contributed by atoms with E-state index < -0.39 is 11.7 Å². The number of hydroxylamine groups is 2. The predicted octanol–water partition coefficient (Wildman–Crippen LogP) is 4.51. The number of oxime groups is 1. The quantitative estimate of drug-likeness (QED) is 0.631. The molecule has 33 heavy (non-hydrogen) atoms. The summed E-state index contributed by atoms with van der Waals surface area (Å²) in [7, 11) is 2.97. The molecule has 0 radical (unpaired) electrons. The molecule has 1 aliphatic heterocycles. The third-order valence-electron chi connectivity index (χ3n) is 5.65. The largest absolute Gasteiger partial charge is 0.443 e. The molecule has 1 aliphatic carbocycles. The molecule has 0 atom stereocenters. The molecule has 0 unspecified atom stereocenters. The van der Waals surface area contributed by atoms with Crippen LogP contribution in [0.4, 0.5) is 4.79 Å². The second kappa shape index (κ2) is 8.30. The molecular formula is C24H30N4O5. The Kier molecular flexibility index (Phi) is 5.78. The highest BCUT2D eigenvalue weighted by Gasteiger charge is 2.35. The fourth-order valence-electron chi connectivity index (χ4n) is 3.98. The number of amides is 1. The highest BCUT2D eigenvalue weighted by atomic mass is 16.7. The molecule has 0 saturated heterocycles. The van der Waals surface area contributed by atoms with Gasteiger partial charge in [0.1, 0.15) is 23.5 Å². The van der Waals surface area contributed by atoms with E-state index >= 15 is 0 Å². The standard InChI is InChI=1S/C24H30N4O5/c1-13-12-32-26-14(2)19(13)16-10-17(22(29)27(6)31-7)20-18(11-16)28(21(25-20)15-8-9-15)23(30)33-24(3,4)5/h10-11,15H,8-9,12H2,1-7H3. The molecule has 176 valence electrons. The minimum Gasteiger partial charge on any atom is -0.443 e. The second-order valence-electron chi connectivity index (χ2n) is 9.54. The number of imidazole rings is 1. The van der Waals surface area contributed by atoms with Crippen LogP contribution in [0.1, 0.15) is 75.1 Å². The second-order valence-corrected chi connectivity index (χ2v) is 9.54. The molecule has 1 aromatic carbocycles. The van der Waals surface area contributed by atoms with Gasteiger partial charge in [-0.15, -0.1) is 0 Å². The number of allylic oxidation sites excluding steroid dienone is 1. The van der Waals surface area contributed by atoms with Crippen molar-refractivity contribution in [2.45, 2.75) is 59.0 Å². The predicted molar refractivity (Wildman–Crippen MR) is 124 cm³/mol. The number of carbonyl (C=O) groups is 2. The zero-order chi connectivity index (χ0) is 24.1. The molecule has 2 aliphatic rings. The van der Waals surface area contributed by atoms with Gasteiger partial charge in [0.25, 0.3) is 5.91 Å². The summed E-state index contributed by atoms with van der Waals surface area (Å²) in [6, 6.07) is 3.66. The summed E-state index contributed by atoms with van der Waals surface area (Å²) in [6.07, 6.45) is 1.37. The number of hydrogen-bond donors (Lipinski definition) is 0. The first-order valence-corrected chi connectivity index (χ1v) is 11.0. The molecule has 2 heterocycles. The van der Waals surface area contributed by atoms with Gasteiger partial charge in [-0.25, -0.2) is 19.4 Å². The molecule has 9 nitrogen and oxygen atoms in total. The smallest absolute Gasteiger partial charge is 0.420 e. The van der Waals surface area contributed by atoms with E-state index in [9.17, 15) is 9.59 Å². The van der Waals surface area contributed by atoms with Crippen LogP contribution in [-0.4, -0.2) is 58.7 Å². The summed E-state index contributed by atoms with van der Waals surface area (Å²) < 4.78 is 7.23. The van der Waals surface area contributed by atoms with Gasteiger partial charge in [-0.3, -0.25) is 9.63 Å². The van der Waals surface area contributed by atoms with Gasteiger partial charge in [-0.05, 0) is 70.7 Å². The average Bonchev–Trinajstić information content (AvgIpc) is 3.50. The van der Waals surface area contributed by atoms with Crippen LogP contribution in [0.3, 0.4) is 0 Å². The first kappa shape index (κ1) is 23.0. The number of ether oxygens (including phenoxy) is 1. The molecule has 0 N–H and O–H groups in total. The van der Waals surface area contributed by atoms with E-state index in [4.69, 9.17) is 19.4 Å². The van der Waals surface area contributed by atoms with Crippen molar-refractivity contribution in [1.82, 2.24) is 14.6 Å². The summed E-state index contributed by atoms with van der Waals surface area (Å²) in [4.78, 5) is 41.8. The summed E-state index contributed by atoms with van der Waals surface area (Å²) in [5, 5.41) is 5.26.